The van der Waals surface area contributed by atoms with Crippen LogP contribution in [-0.4, -0.2) is 49.7 Å². The van der Waals surface area contributed by atoms with Gasteiger partial charge >= 0.3 is 0 Å². The Balaban J connectivity index is 1.97. The molecule has 1 atom stereocenters. The molecule has 0 radical (unpaired) electrons. The van der Waals surface area contributed by atoms with E-state index in [0.29, 0.717) is 19.7 Å². The van der Waals surface area contributed by atoms with Crippen molar-refractivity contribution in [1.29, 1.82) is 0 Å². The Hall–Kier alpha value is -1.14. The zero-order valence-electron chi connectivity index (χ0n) is 13.6. The number of rotatable bonds is 6. The standard InChI is InChI=1S/C16H29N3O3/c1-2-3-9-18-15(21)16(7-5-4-6-8-16)19-14(20)13-12-17-10-11-22-13/h13,17H,2-12H2,1H3,(H,18,21)(H,19,20). The summed E-state index contributed by atoms with van der Waals surface area (Å²) in [7, 11) is 0. The molecular weight excluding hydrogens is 282 g/mol. The van der Waals surface area contributed by atoms with Crippen molar-refractivity contribution in [3.8, 4) is 0 Å². The summed E-state index contributed by atoms with van der Waals surface area (Å²) in [5.41, 5.74) is -0.746. The largest absolute Gasteiger partial charge is 0.366 e. The molecule has 1 aliphatic heterocycles. The van der Waals surface area contributed by atoms with Crippen LogP contribution >= 0.6 is 0 Å². The number of morpholine rings is 1. The molecule has 2 rings (SSSR count). The summed E-state index contributed by atoms with van der Waals surface area (Å²) < 4.78 is 5.50. The Kier molecular flexibility index (Phi) is 6.64. The highest BCUT2D eigenvalue weighted by Gasteiger charge is 2.42. The maximum absolute atomic E-state index is 12.6. The SMILES string of the molecule is CCCCNC(=O)C1(NC(=O)C2CNCCO2)CCCCC1. The van der Waals surface area contributed by atoms with Gasteiger partial charge in [-0.1, -0.05) is 32.6 Å². The highest BCUT2D eigenvalue weighted by atomic mass is 16.5. The molecule has 1 saturated carbocycles. The molecular formula is C16H29N3O3. The van der Waals surface area contributed by atoms with Crippen LogP contribution < -0.4 is 16.0 Å². The lowest BCUT2D eigenvalue weighted by molar-refractivity contribution is -0.142. The molecule has 0 aromatic carbocycles. The second-order valence-corrected chi connectivity index (χ2v) is 6.31. The molecule has 1 heterocycles. The number of nitrogens with one attached hydrogen (secondary N) is 3. The van der Waals surface area contributed by atoms with E-state index < -0.39 is 11.6 Å². The Bertz CT molecular complexity index is 375. The lowest BCUT2D eigenvalue weighted by atomic mass is 9.80. The van der Waals surface area contributed by atoms with Gasteiger partial charge in [-0.25, -0.2) is 0 Å². The van der Waals surface area contributed by atoms with Crippen LogP contribution in [0.5, 0.6) is 0 Å². The maximum atomic E-state index is 12.6. The van der Waals surface area contributed by atoms with Crippen LogP contribution in [0.2, 0.25) is 0 Å². The minimum atomic E-state index is -0.746. The van der Waals surface area contributed by atoms with Crippen LogP contribution in [0.25, 0.3) is 0 Å². The summed E-state index contributed by atoms with van der Waals surface area (Å²) in [4.78, 5) is 25.1. The first-order valence-electron chi connectivity index (χ1n) is 8.60. The van der Waals surface area contributed by atoms with E-state index in [4.69, 9.17) is 4.74 Å². The van der Waals surface area contributed by atoms with E-state index in [1.165, 1.54) is 0 Å². The molecule has 1 saturated heterocycles. The van der Waals surface area contributed by atoms with Crippen LogP contribution in [0.15, 0.2) is 0 Å². The number of hydrogen-bond donors (Lipinski definition) is 3. The van der Waals surface area contributed by atoms with Gasteiger partial charge in [-0.15, -0.1) is 0 Å². The maximum Gasteiger partial charge on any atom is 0.251 e. The Morgan fingerprint density at radius 3 is 2.68 bits per heavy atom. The van der Waals surface area contributed by atoms with E-state index in [0.717, 1.165) is 51.5 Å². The van der Waals surface area contributed by atoms with Gasteiger partial charge in [0.1, 0.15) is 11.6 Å². The third kappa shape index (κ3) is 4.43. The first-order chi connectivity index (χ1) is 10.7. The smallest absolute Gasteiger partial charge is 0.251 e. The van der Waals surface area contributed by atoms with E-state index in [1.54, 1.807) is 0 Å². The number of amides is 2. The topological polar surface area (TPSA) is 79.5 Å². The summed E-state index contributed by atoms with van der Waals surface area (Å²) >= 11 is 0. The van der Waals surface area contributed by atoms with E-state index >= 15 is 0 Å². The second-order valence-electron chi connectivity index (χ2n) is 6.31. The second kappa shape index (κ2) is 8.48. The lowest BCUT2D eigenvalue weighted by Crippen LogP contribution is -2.62. The van der Waals surface area contributed by atoms with Gasteiger partial charge in [0.25, 0.3) is 5.91 Å². The van der Waals surface area contributed by atoms with Gasteiger partial charge in [-0.3, -0.25) is 9.59 Å². The average molecular weight is 311 g/mol. The first-order valence-corrected chi connectivity index (χ1v) is 8.60. The van der Waals surface area contributed by atoms with Crippen molar-refractivity contribution in [2.45, 2.75) is 63.5 Å². The molecule has 1 unspecified atom stereocenters. The number of hydrogen-bond acceptors (Lipinski definition) is 4. The van der Waals surface area contributed by atoms with Crippen LogP contribution in [0.3, 0.4) is 0 Å². The minimum absolute atomic E-state index is 0.0298. The zero-order valence-corrected chi connectivity index (χ0v) is 13.6. The summed E-state index contributed by atoms with van der Waals surface area (Å²) in [6.07, 6.45) is 6.04. The van der Waals surface area contributed by atoms with Crippen molar-refractivity contribution in [3.63, 3.8) is 0 Å². The van der Waals surface area contributed by atoms with Crippen LogP contribution in [0.1, 0.15) is 51.9 Å². The molecule has 0 spiro atoms. The third-order valence-corrected chi connectivity index (χ3v) is 4.54. The number of carbonyl (C=O) groups is 2. The fourth-order valence-electron chi connectivity index (χ4n) is 3.16. The van der Waals surface area contributed by atoms with Crippen LogP contribution in [-0.2, 0) is 14.3 Å². The number of unbranched alkanes of at least 4 members (excludes halogenated alkanes) is 1. The quantitative estimate of drug-likeness (QED) is 0.631. The third-order valence-electron chi connectivity index (χ3n) is 4.54. The molecule has 0 aromatic heterocycles. The molecule has 6 nitrogen and oxygen atoms in total. The highest BCUT2D eigenvalue weighted by Crippen LogP contribution is 2.28. The molecule has 0 aromatic rings. The molecule has 2 fully saturated rings. The summed E-state index contributed by atoms with van der Waals surface area (Å²) in [6, 6.07) is 0. The van der Waals surface area contributed by atoms with Gasteiger partial charge in [-0.2, -0.15) is 0 Å². The van der Waals surface area contributed by atoms with Gasteiger partial charge < -0.3 is 20.7 Å². The number of carbonyl (C=O) groups excluding carboxylic acids is 2. The highest BCUT2D eigenvalue weighted by molar-refractivity contribution is 5.93. The van der Waals surface area contributed by atoms with Crippen molar-refractivity contribution in [3.05, 3.63) is 0 Å². The summed E-state index contributed by atoms with van der Waals surface area (Å²) in [6.45, 7) is 4.59. The molecule has 2 aliphatic rings. The van der Waals surface area contributed by atoms with E-state index in [2.05, 4.69) is 22.9 Å². The van der Waals surface area contributed by atoms with Gasteiger partial charge in [0.15, 0.2) is 0 Å². The van der Waals surface area contributed by atoms with Crippen molar-refractivity contribution in [1.82, 2.24) is 16.0 Å². The predicted octanol–water partition coefficient (Wildman–Crippen LogP) is 0.710. The van der Waals surface area contributed by atoms with E-state index in [1.807, 2.05) is 0 Å². The van der Waals surface area contributed by atoms with Crippen molar-refractivity contribution in [2.24, 2.45) is 0 Å². The predicted molar refractivity (Wildman–Crippen MR) is 84.5 cm³/mol. The Morgan fingerprint density at radius 1 is 1.27 bits per heavy atom. The Morgan fingerprint density at radius 2 is 2.05 bits per heavy atom. The fourth-order valence-corrected chi connectivity index (χ4v) is 3.16. The van der Waals surface area contributed by atoms with Crippen LogP contribution in [0, 0.1) is 0 Å². The molecule has 2 amide bonds. The normalized spacial score (nSPS) is 24.5. The van der Waals surface area contributed by atoms with Gasteiger partial charge in [0.2, 0.25) is 5.91 Å². The van der Waals surface area contributed by atoms with Gasteiger partial charge in [-0.05, 0) is 19.3 Å². The number of ether oxygens (including phenoxy) is 1. The molecule has 1 aliphatic carbocycles. The summed E-state index contributed by atoms with van der Waals surface area (Å²) in [5, 5.41) is 9.16. The van der Waals surface area contributed by atoms with Crippen LogP contribution in [0.4, 0.5) is 0 Å². The van der Waals surface area contributed by atoms with Crippen molar-refractivity contribution < 1.29 is 14.3 Å². The fraction of sp³-hybridized carbons (Fsp3) is 0.875. The molecule has 0 bridgehead atoms. The average Bonchev–Trinajstić information content (AvgIpc) is 2.56. The molecule has 126 valence electrons. The van der Waals surface area contributed by atoms with Crippen molar-refractivity contribution in [2.75, 3.05) is 26.2 Å². The monoisotopic (exact) mass is 311 g/mol. The van der Waals surface area contributed by atoms with Gasteiger partial charge in [0, 0.05) is 19.6 Å². The molecule has 6 heteroatoms. The van der Waals surface area contributed by atoms with Crippen molar-refractivity contribution >= 4 is 11.8 Å². The van der Waals surface area contributed by atoms with E-state index in [9.17, 15) is 9.59 Å². The zero-order chi connectivity index (χ0) is 15.8. The molecule has 22 heavy (non-hydrogen) atoms. The Labute approximate surface area is 132 Å². The molecule has 3 N–H and O–H groups in total. The van der Waals surface area contributed by atoms with E-state index in [-0.39, 0.29) is 11.8 Å². The summed E-state index contributed by atoms with van der Waals surface area (Å²) in [5.74, 6) is -0.197. The van der Waals surface area contributed by atoms with Gasteiger partial charge in [0.05, 0.1) is 6.61 Å². The first kappa shape index (κ1) is 17.2. The minimum Gasteiger partial charge on any atom is -0.366 e. The lowest BCUT2D eigenvalue weighted by Gasteiger charge is -2.38.